The molecule has 0 aliphatic rings. The highest BCUT2D eigenvalue weighted by molar-refractivity contribution is 5.73. The van der Waals surface area contributed by atoms with Gasteiger partial charge in [0.1, 0.15) is 0 Å². The van der Waals surface area contributed by atoms with E-state index in [1.807, 2.05) is 13.8 Å². The Bertz CT molecular complexity index is 349. The van der Waals surface area contributed by atoms with E-state index < -0.39 is 12.0 Å². The average Bonchev–Trinajstić information content (AvgIpc) is 2.78. The van der Waals surface area contributed by atoms with Gasteiger partial charge in [0, 0.05) is 18.3 Å². The van der Waals surface area contributed by atoms with Gasteiger partial charge >= 0.3 is 5.97 Å². The molecule has 90 valence electrons. The molecule has 5 heteroatoms. The normalized spacial score (nSPS) is 14.5. The molecule has 16 heavy (non-hydrogen) atoms. The van der Waals surface area contributed by atoms with Crippen molar-refractivity contribution in [2.75, 3.05) is 7.11 Å². The summed E-state index contributed by atoms with van der Waals surface area (Å²) in [5, 5.41) is 14.1. The zero-order valence-electron chi connectivity index (χ0n) is 9.88. The highest BCUT2D eigenvalue weighted by Gasteiger charge is 2.28. The summed E-state index contributed by atoms with van der Waals surface area (Å²) >= 11 is 0. The van der Waals surface area contributed by atoms with E-state index in [1.54, 1.807) is 17.1 Å². The first-order valence-corrected chi connectivity index (χ1v) is 5.42. The van der Waals surface area contributed by atoms with Crippen LogP contribution >= 0.6 is 0 Å². The van der Waals surface area contributed by atoms with Gasteiger partial charge in [-0.05, 0) is 13.3 Å². The highest BCUT2D eigenvalue weighted by Crippen LogP contribution is 2.25. The van der Waals surface area contributed by atoms with Crippen LogP contribution in [0.15, 0.2) is 12.4 Å². The first-order valence-electron chi connectivity index (χ1n) is 5.42. The first-order chi connectivity index (χ1) is 7.63. The Balaban J connectivity index is 2.81. The Morgan fingerprint density at radius 2 is 2.31 bits per heavy atom. The number of rotatable bonds is 5. The molecular weight excluding hydrogens is 208 g/mol. The molecule has 0 aromatic carbocycles. The van der Waals surface area contributed by atoms with Crippen LogP contribution in [-0.2, 0) is 16.1 Å². The smallest absolute Gasteiger partial charge is 0.311 e. The monoisotopic (exact) mass is 226 g/mol. The predicted octanol–water partition coefficient (Wildman–Crippen LogP) is 1.14. The number of aromatic nitrogens is 2. The molecule has 0 aliphatic heterocycles. The lowest BCUT2D eigenvalue weighted by Crippen LogP contribution is -2.22. The number of carbonyl (C=O) groups is 1. The number of ether oxygens (including phenoxy) is 1. The summed E-state index contributed by atoms with van der Waals surface area (Å²) in [6.07, 6.45) is 3.01. The Morgan fingerprint density at radius 3 is 2.75 bits per heavy atom. The van der Waals surface area contributed by atoms with E-state index in [2.05, 4.69) is 9.84 Å². The summed E-state index contributed by atoms with van der Waals surface area (Å²) in [4.78, 5) is 11.4. The largest absolute Gasteiger partial charge is 0.469 e. The van der Waals surface area contributed by atoms with Crippen molar-refractivity contribution in [1.29, 1.82) is 0 Å². The molecule has 1 heterocycles. The fourth-order valence-corrected chi connectivity index (χ4v) is 1.61. The number of aliphatic hydroxyl groups is 1. The molecule has 0 bridgehead atoms. The van der Waals surface area contributed by atoms with E-state index in [4.69, 9.17) is 0 Å². The molecule has 0 radical (unpaired) electrons. The van der Waals surface area contributed by atoms with Crippen LogP contribution in [0.1, 0.15) is 31.9 Å². The molecule has 2 atom stereocenters. The summed E-state index contributed by atoms with van der Waals surface area (Å²) in [6, 6.07) is 0. The Kier molecular flexibility index (Phi) is 4.49. The fourth-order valence-electron chi connectivity index (χ4n) is 1.61. The lowest BCUT2D eigenvalue weighted by Gasteiger charge is -2.17. The van der Waals surface area contributed by atoms with Crippen molar-refractivity contribution in [3.63, 3.8) is 0 Å². The number of hydrogen-bond donors (Lipinski definition) is 1. The number of carbonyl (C=O) groups excluding carboxylic acids is 1. The van der Waals surface area contributed by atoms with Crippen molar-refractivity contribution in [3.05, 3.63) is 18.0 Å². The summed E-state index contributed by atoms with van der Waals surface area (Å²) < 4.78 is 6.36. The van der Waals surface area contributed by atoms with Crippen LogP contribution in [0.5, 0.6) is 0 Å². The maximum atomic E-state index is 11.4. The third-order valence-corrected chi connectivity index (χ3v) is 2.64. The minimum absolute atomic E-state index is 0.390. The summed E-state index contributed by atoms with van der Waals surface area (Å²) in [6.45, 7) is 4.54. The van der Waals surface area contributed by atoms with Crippen molar-refractivity contribution in [1.82, 2.24) is 9.78 Å². The third-order valence-electron chi connectivity index (χ3n) is 2.64. The SMILES string of the molecule is CCC(C(=O)OC)C(O)c1cnn(CC)c1. The molecule has 1 rings (SSSR count). The van der Waals surface area contributed by atoms with Gasteiger partial charge in [-0.15, -0.1) is 0 Å². The first kappa shape index (κ1) is 12.7. The molecule has 1 aromatic rings. The molecule has 0 fully saturated rings. The molecular formula is C11H18N2O3. The Labute approximate surface area is 95.0 Å². The number of methoxy groups -OCH3 is 1. The van der Waals surface area contributed by atoms with Gasteiger partial charge in [0.15, 0.2) is 0 Å². The molecule has 1 N–H and O–H groups in total. The topological polar surface area (TPSA) is 64.3 Å². The molecule has 2 unspecified atom stereocenters. The number of nitrogens with zero attached hydrogens (tertiary/aromatic N) is 2. The van der Waals surface area contributed by atoms with Gasteiger partial charge in [0.05, 0.1) is 25.3 Å². The summed E-state index contributed by atoms with van der Waals surface area (Å²) in [5.74, 6) is -0.918. The molecule has 5 nitrogen and oxygen atoms in total. The van der Waals surface area contributed by atoms with Gasteiger partial charge in [-0.3, -0.25) is 9.48 Å². The Morgan fingerprint density at radius 1 is 1.62 bits per heavy atom. The number of aryl methyl sites for hydroxylation is 1. The fraction of sp³-hybridized carbons (Fsp3) is 0.636. The van der Waals surface area contributed by atoms with Crippen LogP contribution < -0.4 is 0 Å². The number of aliphatic hydroxyl groups excluding tert-OH is 1. The minimum Gasteiger partial charge on any atom is -0.469 e. The van der Waals surface area contributed by atoms with E-state index >= 15 is 0 Å². The minimum atomic E-state index is -0.849. The lowest BCUT2D eigenvalue weighted by molar-refractivity contribution is -0.149. The van der Waals surface area contributed by atoms with Crippen LogP contribution in [0.3, 0.4) is 0 Å². The van der Waals surface area contributed by atoms with E-state index in [0.29, 0.717) is 12.0 Å². The second-order valence-electron chi connectivity index (χ2n) is 3.61. The molecule has 0 aliphatic carbocycles. The number of hydrogen-bond acceptors (Lipinski definition) is 4. The standard InChI is InChI=1S/C11H18N2O3/c1-4-9(11(15)16-3)10(14)8-6-12-13(5-2)7-8/h6-7,9-10,14H,4-5H2,1-3H3. The van der Waals surface area contributed by atoms with Crippen LogP contribution in [-0.4, -0.2) is 28.0 Å². The maximum Gasteiger partial charge on any atom is 0.311 e. The molecule has 0 spiro atoms. The van der Waals surface area contributed by atoms with Crippen molar-refractivity contribution in [2.45, 2.75) is 32.9 Å². The van der Waals surface area contributed by atoms with Crippen molar-refractivity contribution < 1.29 is 14.6 Å². The van der Waals surface area contributed by atoms with Crippen molar-refractivity contribution in [3.8, 4) is 0 Å². The van der Waals surface area contributed by atoms with Gasteiger partial charge in [-0.1, -0.05) is 6.92 Å². The quantitative estimate of drug-likeness (QED) is 0.764. The second-order valence-corrected chi connectivity index (χ2v) is 3.61. The van der Waals surface area contributed by atoms with Gasteiger partial charge < -0.3 is 9.84 Å². The van der Waals surface area contributed by atoms with E-state index in [1.165, 1.54) is 7.11 Å². The van der Waals surface area contributed by atoms with Crippen LogP contribution in [0.4, 0.5) is 0 Å². The third kappa shape index (κ3) is 2.61. The Hall–Kier alpha value is -1.36. The zero-order valence-corrected chi connectivity index (χ0v) is 9.88. The van der Waals surface area contributed by atoms with Crippen molar-refractivity contribution >= 4 is 5.97 Å². The van der Waals surface area contributed by atoms with Crippen LogP contribution in [0.25, 0.3) is 0 Å². The van der Waals surface area contributed by atoms with E-state index in [9.17, 15) is 9.90 Å². The average molecular weight is 226 g/mol. The molecule has 0 amide bonds. The van der Waals surface area contributed by atoms with Gasteiger partial charge in [-0.2, -0.15) is 5.10 Å². The summed E-state index contributed by atoms with van der Waals surface area (Å²) in [7, 11) is 1.33. The van der Waals surface area contributed by atoms with Gasteiger partial charge in [0.2, 0.25) is 0 Å². The molecule has 1 aromatic heterocycles. The second kappa shape index (κ2) is 5.65. The highest BCUT2D eigenvalue weighted by atomic mass is 16.5. The van der Waals surface area contributed by atoms with E-state index in [-0.39, 0.29) is 5.97 Å². The maximum absolute atomic E-state index is 11.4. The molecule has 0 saturated carbocycles. The van der Waals surface area contributed by atoms with Gasteiger partial charge in [-0.25, -0.2) is 0 Å². The molecule has 0 saturated heterocycles. The van der Waals surface area contributed by atoms with Crippen LogP contribution in [0, 0.1) is 5.92 Å². The van der Waals surface area contributed by atoms with Crippen molar-refractivity contribution in [2.24, 2.45) is 5.92 Å². The zero-order chi connectivity index (χ0) is 12.1. The van der Waals surface area contributed by atoms with Gasteiger partial charge in [0.25, 0.3) is 0 Å². The summed E-state index contributed by atoms with van der Waals surface area (Å²) in [5.41, 5.74) is 0.652. The lowest BCUT2D eigenvalue weighted by atomic mass is 9.95. The van der Waals surface area contributed by atoms with Crippen LogP contribution in [0.2, 0.25) is 0 Å². The predicted molar refractivity (Wildman–Crippen MR) is 58.7 cm³/mol. The number of esters is 1. The van der Waals surface area contributed by atoms with E-state index in [0.717, 1.165) is 6.54 Å².